The standard InChI is InChI=1S/C15H17N/c1-9-5-6-11-12(7-9)15(3,4)13-8-10(2)16-14(11)13/h5-8,16H,1-4H3. The van der Waals surface area contributed by atoms with Crippen LogP contribution in [-0.2, 0) is 5.41 Å². The minimum atomic E-state index is 0.140. The molecule has 1 heterocycles. The largest absolute Gasteiger partial charge is 0.358 e. The molecule has 1 aromatic heterocycles. The third-order valence-electron chi connectivity index (χ3n) is 3.74. The first-order valence-corrected chi connectivity index (χ1v) is 5.82. The van der Waals surface area contributed by atoms with Gasteiger partial charge in [-0.15, -0.1) is 0 Å². The van der Waals surface area contributed by atoms with E-state index in [9.17, 15) is 0 Å². The molecule has 0 spiro atoms. The molecule has 1 N–H and O–H groups in total. The lowest BCUT2D eigenvalue weighted by molar-refractivity contribution is 0.660. The number of aromatic nitrogens is 1. The molecule has 1 nitrogen and oxygen atoms in total. The van der Waals surface area contributed by atoms with Gasteiger partial charge in [0, 0.05) is 16.7 Å². The Bertz CT molecular complexity index is 573. The third kappa shape index (κ3) is 1.06. The topological polar surface area (TPSA) is 15.8 Å². The molecule has 1 aliphatic carbocycles. The summed E-state index contributed by atoms with van der Waals surface area (Å²) in [7, 11) is 0. The molecule has 0 radical (unpaired) electrons. The molecule has 3 rings (SSSR count). The zero-order chi connectivity index (χ0) is 11.5. The summed E-state index contributed by atoms with van der Waals surface area (Å²) in [5.74, 6) is 0. The average Bonchev–Trinajstić information content (AvgIpc) is 2.67. The maximum atomic E-state index is 3.49. The molecule has 1 heteroatoms. The number of hydrogen-bond acceptors (Lipinski definition) is 0. The zero-order valence-electron chi connectivity index (χ0n) is 10.3. The first-order chi connectivity index (χ1) is 7.50. The molecule has 2 aromatic rings. The Balaban J connectivity index is 2.37. The van der Waals surface area contributed by atoms with Gasteiger partial charge in [-0.3, -0.25) is 0 Å². The van der Waals surface area contributed by atoms with E-state index in [1.165, 1.54) is 33.6 Å². The van der Waals surface area contributed by atoms with Crippen molar-refractivity contribution < 1.29 is 0 Å². The normalized spacial score (nSPS) is 16.0. The van der Waals surface area contributed by atoms with E-state index in [1.54, 1.807) is 0 Å². The Morgan fingerprint density at radius 3 is 2.50 bits per heavy atom. The van der Waals surface area contributed by atoms with Crippen molar-refractivity contribution in [1.82, 2.24) is 4.98 Å². The fourth-order valence-corrected chi connectivity index (χ4v) is 2.83. The summed E-state index contributed by atoms with van der Waals surface area (Å²) in [6, 6.07) is 9.04. The van der Waals surface area contributed by atoms with Crippen LogP contribution in [0.3, 0.4) is 0 Å². The highest BCUT2D eigenvalue weighted by atomic mass is 14.7. The summed E-state index contributed by atoms with van der Waals surface area (Å²) in [5.41, 5.74) is 8.31. The van der Waals surface area contributed by atoms with Crippen molar-refractivity contribution in [2.45, 2.75) is 33.1 Å². The van der Waals surface area contributed by atoms with Gasteiger partial charge in [0.2, 0.25) is 0 Å². The van der Waals surface area contributed by atoms with Gasteiger partial charge in [0.25, 0.3) is 0 Å². The van der Waals surface area contributed by atoms with Crippen molar-refractivity contribution in [2.24, 2.45) is 0 Å². The molecule has 0 amide bonds. The third-order valence-corrected chi connectivity index (χ3v) is 3.74. The van der Waals surface area contributed by atoms with Gasteiger partial charge in [0.15, 0.2) is 0 Å². The van der Waals surface area contributed by atoms with E-state index in [0.29, 0.717) is 0 Å². The van der Waals surface area contributed by atoms with E-state index in [1.807, 2.05) is 0 Å². The molecular weight excluding hydrogens is 194 g/mol. The Hall–Kier alpha value is -1.50. The highest BCUT2D eigenvalue weighted by Crippen LogP contribution is 2.48. The van der Waals surface area contributed by atoms with Crippen LogP contribution in [0.5, 0.6) is 0 Å². The molecule has 16 heavy (non-hydrogen) atoms. The lowest BCUT2D eigenvalue weighted by Crippen LogP contribution is -2.14. The highest BCUT2D eigenvalue weighted by Gasteiger charge is 2.36. The van der Waals surface area contributed by atoms with Gasteiger partial charge in [-0.05, 0) is 31.0 Å². The summed E-state index contributed by atoms with van der Waals surface area (Å²) >= 11 is 0. The number of fused-ring (bicyclic) bond motifs is 3. The van der Waals surface area contributed by atoms with Gasteiger partial charge < -0.3 is 4.98 Å². The molecule has 1 aromatic carbocycles. The minimum absolute atomic E-state index is 0.140. The molecule has 0 saturated carbocycles. The van der Waals surface area contributed by atoms with Crippen molar-refractivity contribution in [3.05, 3.63) is 46.6 Å². The van der Waals surface area contributed by atoms with Crippen LogP contribution < -0.4 is 0 Å². The fraction of sp³-hybridized carbons (Fsp3) is 0.333. The Labute approximate surface area is 96.5 Å². The van der Waals surface area contributed by atoms with Crippen LogP contribution in [0, 0.1) is 13.8 Å². The summed E-state index contributed by atoms with van der Waals surface area (Å²) in [5, 5.41) is 0. The second-order valence-electron chi connectivity index (χ2n) is 5.42. The van der Waals surface area contributed by atoms with Gasteiger partial charge in [0.1, 0.15) is 0 Å². The van der Waals surface area contributed by atoms with Gasteiger partial charge in [0.05, 0.1) is 5.69 Å². The van der Waals surface area contributed by atoms with E-state index in [2.05, 4.69) is 56.9 Å². The van der Waals surface area contributed by atoms with E-state index in [-0.39, 0.29) is 5.41 Å². The Kier molecular flexibility index (Phi) is 1.69. The average molecular weight is 211 g/mol. The maximum absolute atomic E-state index is 3.49. The van der Waals surface area contributed by atoms with Crippen molar-refractivity contribution in [1.29, 1.82) is 0 Å². The fourth-order valence-electron chi connectivity index (χ4n) is 2.83. The number of benzene rings is 1. The number of aryl methyl sites for hydroxylation is 2. The second-order valence-corrected chi connectivity index (χ2v) is 5.42. The van der Waals surface area contributed by atoms with Crippen LogP contribution in [0.2, 0.25) is 0 Å². The van der Waals surface area contributed by atoms with E-state index in [4.69, 9.17) is 0 Å². The smallest absolute Gasteiger partial charge is 0.0500 e. The molecule has 0 atom stereocenters. The first kappa shape index (κ1) is 9.71. The van der Waals surface area contributed by atoms with E-state index in [0.717, 1.165) is 0 Å². The number of aromatic amines is 1. The Morgan fingerprint density at radius 1 is 1.00 bits per heavy atom. The van der Waals surface area contributed by atoms with E-state index < -0.39 is 0 Å². The first-order valence-electron chi connectivity index (χ1n) is 5.82. The number of nitrogens with one attached hydrogen (secondary N) is 1. The Morgan fingerprint density at radius 2 is 1.75 bits per heavy atom. The quantitative estimate of drug-likeness (QED) is 0.679. The van der Waals surface area contributed by atoms with Gasteiger partial charge in [-0.1, -0.05) is 37.6 Å². The highest BCUT2D eigenvalue weighted by molar-refractivity contribution is 5.78. The maximum Gasteiger partial charge on any atom is 0.0500 e. The van der Waals surface area contributed by atoms with Crippen molar-refractivity contribution in [3.8, 4) is 11.3 Å². The number of hydrogen-bond donors (Lipinski definition) is 1. The molecule has 0 unspecified atom stereocenters. The van der Waals surface area contributed by atoms with E-state index >= 15 is 0 Å². The lowest BCUT2D eigenvalue weighted by Gasteiger charge is -2.20. The molecule has 0 bridgehead atoms. The summed E-state index contributed by atoms with van der Waals surface area (Å²) in [6.45, 7) is 8.91. The van der Waals surface area contributed by atoms with Crippen molar-refractivity contribution in [3.63, 3.8) is 0 Å². The van der Waals surface area contributed by atoms with Crippen LogP contribution in [0.25, 0.3) is 11.3 Å². The van der Waals surface area contributed by atoms with Gasteiger partial charge in [-0.25, -0.2) is 0 Å². The number of H-pyrrole nitrogens is 1. The lowest BCUT2D eigenvalue weighted by atomic mass is 9.82. The van der Waals surface area contributed by atoms with Crippen LogP contribution in [0.4, 0.5) is 0 Å². The molecule has 0 fully saturated rings. The SMILES string of the molecule is Cc1ccc2c(c1)C(C)(C)c1cc(C)[nH]c1-2. The van der Waals surface area contributed by atoms with Crippen LogP contribution in [0.1, 0.15) is 36.2 Å². The summed E-state index contributed by atoms with van der Waals surface area (Å²) in [6.07, 6.45) is 0. The second kappa shape index (κ2) is 2.79. The van der Waals surface area contributed by atoms with Crippen molar-refractivity contribution >= 4 is 0 Å². The molecule has 1 aliphatic rings. The number of rotatable bonds is 0. The van der Waals surface area contributed by atoms with Gasteiger partial charge >= 0.3 is 0 Å². The molecular formula is C15H17N. The summed E-state index contributed by atoms with van der Waals surface area (Å²) < 4.78 is 0. The summed E-state index contributed by atoms with van der Waals surface area (Å²) in [4.78, 5) is 3.49. The molecule has 82 valence electrons. The van der Waals surface area contributed by atoms with Crippen LogP contribution >= 0.6 is 0 Å². The van der Waals surface area contributed by atoms with Crippen LogP contribution in [0.15, 0.2) is 24.3 Å². The van der Waals surface area contributed by atoms with Crippen LogP contribution in [-0.4, -0.2) is 4.98 Å². The van der Waals surface area contributed by atoms with Crippen molar-refractivity contribution in [2.75, 3.05) is 0 Å². The monoisotopic (exact) mass is 211 g/mol. The van der Waals surface area contributed by atoms with Gasteiger partial charge in [-0.2, -0.15) is 0 Å². The molecule has 0 aliphatic heterocycles. The predicted octanol–water partition coefficient (Wildman–Crippen LogP) is 3.94. The predicted molar refractivity (Wildman–Crippen MR) is 67.8 cm³/mol. The zero-order valence-corrected chi connectivity index (χ0v) is 10.3. The minimum Gasteiger partial charge on any atom is -0.358 e. The molecule has 0 saturated heterocycles.